The summed E-state index contributed by atoms with van der Waals surface area (Å²) in [6.45, 7) is 9.26. The van der Waals surface area contributed by atoms with Crippen molar-refractivity contribution in [1.29, 1.82) is 0 Å². The minimum absolute atomic E-state index is 0.0554. The maximum absolute atomic E-state index is 10.2. The predicted octanol–water partition coefficient (Wildman–Crippen LogP) is 2.92. The Morgan fingerprint density at radius 1 is 1.00 bits per heavy atom. The Bertz CT molecular complexity index is 387. The highest BCUT2D eigenvalue weighted by atomic mass is 16.3. The van der Waals surface area contributed by atoms with E-state index in [4.69, 9.17) is 0 Å². The molecule has 0 aliphatic heterocycles. The monoisotopic (exact) mass is 293 g/mol. The smallest absolute Gasteiger partial charge is 0.0914 e. The molecule has 120 valence electrons. The molecule has 21 heavy (non-hydrogen) atoms. The predicted molar refractivity (Wildman–Crippen MR) is 88.3 cm³/mol. The lowest BCUT2D eigenvalue weighted by Gasteiger charge is -2.20. The first-order valence-corrected chi connectivity index (χ1v) is 8.03. The van der Waals surface area contributed by atoms with Crippen LogP contribution in [0.4, 0.5) is 0 Å². The number of aliphatic hydroxyl groups is 2. The summed E-state index contributed by atoms with van der Waals surface area (Å²) in [5, 5.41) is 22.8. The summed E-state index contributed by atoms with van der Waals surface area (Å²) >= 11 is 0. The lowest BCUT2D eigenvalue weighted by Crippen LogP contribution is -2.36. The fourth-order valence-electron chi connectivity index (χ4n) is 2.53. The molecule has 3 nitrogen and oxygen atoms in total. The maximum atomic E-state index is 10.2. The van der Waals surface area contributed by atoms with Crippen LogP contribution in [0, 0.1) is 11.8 Å². The van der Waals surface area contributed by atoms with Crippen LogP contribution in [0.15, 0.2) is 24.3 Å². The zero-order valence-electron chi connectivity index (χ0n) is 13.8. The van der Waals surface area contributed by atoms with E-state index in [1.54, 1.807) is 0 Å². The lowest BCUT2D eigenvalue weighted by molar-refractivity contribution is 0.153. The van der Waals surface area contributed by atoms with Gasteiger partial charge in [0.25, 0.3) is 0 Å². The first-order valence-electron chi connectivity index (χ1n) is 8.03. The van der Waals surface area contributed by atoms with Crippen molar-refractivity contribution in [3.63, 3.8) is 0 Å². The molecular weight excluding hydrogens is 262 g/mol. The molecule has 0 aromatic heterocycles. The van der Waals surface area contributed by atoms with Crippen molar-refractivity contribution >= 4 is 0 Å². The fraction of sp³-hybridized carbons (Fsp3) is 0.667. The minimum Gasteiger partial charge on any atom is -0.395 e. The molecule has 1 aromatic rings. The average molecular weight is 293 g/mol. The molecule has 3 heteroatoms. The van der Waals surface area contributed by atoms with Crippen molar-refractivity contribution in [3.8, 4) is 0 Å². The van der Waals surface area contributed by atoms with Crippen LogP contribution >= 0.6 is 0 Å². The van der Waals surface area contributed by atoms with Gasteiger partial charge in [0.15, 0.2) is 0 Å². The Morgan fingerprint density at radius 3 is 2.10 bits per heavy atom. The van der Waals surface area contributed by atoms with Crippen LogP contribution in [0.25, 0.3) is 0 Å². The molecule has 0 amide bonds. The second kappa shape index (κ2) is 9.19. The second-order valence-corrected chi connectivity index (χ2v) is 6.77. The van der Waals surface area contributed by atoms with E-state index < -0.39 is 6.10 Å². The van der Waals surface area contributed by atoms with Crippen LogP contribution < -0.4 is 5.32 Å². The highest BCUT2D eigenvalue weighted by molar-refractivity contribution is 5.24. The summed E-state index contributed by atoms with van der Waals surface area (Å²) in [6, 6.07) is 8.24. The van der Waals surface area contributed by atoms with Crippen LogP contribution in [0.5, 0.6) is 0 Å². The summed E-state index contributed by atoms with van der Waals surface area (Å²) in [5.74, 6) is 1.17. The topological polar surface area (TPSA) is 52.5 Å². The van der Waals surface area contributed by atoms with Gasteiger partial charge in [0.1, 0.15) is 0 Å². The van der Waals surface area contributed by atoms with Crippen molar-refractivity contribution < 1.29 is 10.2 Å². The summed E-state index contributed by atoms with van der Waals surface area (Å²) in [6.07, 6.45) is 1.45. The number of aliphatic hydroxyl groups excluding tert-OH is 2. The standard InChI is InChI=1S/C18H31NO2/c1-13(2)9-15-5-7-16(8-6-15)18(21)11-19-17(12-20)10-14(3)4/h5-8,13-14,17-21H,9-12H2,1-4H3. The summed E-state index contributed by atoms with van der Waals surface area (Å²) in [5.41, 5.74) is 2.23. The Labute approximate surface area is 129 Å². The van der Waals surface area contributed by atoms with Crippen LogP contribution in [-0.4, -0.2) is 29.4 Å². The third kappa shape index (κ3) is 7.07. The molecule has 2 unspecified atom stereocenters. The Hall–Kier alpha value is -0.900. The van der Waals surface area contributed by atoms with E-state index in [9.17, 15) is 10.2 Å². The van der Waals surface area contributed by atoms with Gasteiger partial charge in [-0.2, -0.15) is 0 Å². The van der Waals surface area contributed by atoms with Crippen molar-refractivity contribution in [2.75, 3.05) is 13.2 Å². The van der Waals surface area contributed by atoms with Crippen molar-refractivity contribution in [3.05, 3.63) is 35.4 Å². The molecule has 0 bridgehead atoms. The molecule has 0 heterocycles. The Balaban J connectivity index is 2.49. The highest BCUT2D eigenvalue weighted by Gasteiger charge is 2.13. The molecule has 0 aliphatic carbocycles. The van der Waals surface area contributed by atoms with Gasteiger partial charge in [-0.25, -0.2) is 0 Å². The van der Waals surface area contributed by atoms with Gasteiger partial charge in [0.05, 0.1) is 12.7 Å². The van der Waals surface area contributed by atoms with Crippen LogP contribution in [0.3, 0.4) is 0 Å². The molecule has 1 aromatic carbocycles. The molecule has 0 fully saturated rings. The molecule has 0 aliphatic rings. The third-order valence-corrected chi connectivity index (χ3v) is 3.58. The van der Waals surface area contributed by atoms with E-state index in [1.165, 1.54) is 5.56 Å². The van der Waals surface area contributed by atoms with E-state index >= 15 is 0 Å². The molecule has 3 N–H and O–H groups in total. The number of nitrogens with one attached hydrogen (secondary N) is 1. The van der Waals surface area contributed by atoms with Crippen LogP contribution in [0.1, 0.15) is 51.3 Å². The summed E-state index contributed by atoms with van der Waals surface area (Å²) in [4.78, 5) is 0. The van der Waals surface area contributed by atoms with Gasteiger partial charge in [-0.15, -0.1) is 0 Å². The van der Waals surface area contributed by atoms with Crippen LogP contribution in [0.2, 0.25) is 0 Å². The molecule has 2 atom stereocenters. The van der Waals surface area contributed by atoms with Gasteiger partial charge in [0, 0.05) is 12.6 Å². The van der Waals surface area contributed by atoms with E-state index in [0.29, 0.717) is 18.4 Å². The van der Waals surface area contributed by atoms with Crippen LogP contribution in [-0.2, 0) is 6.42 Å². The fourth-order valence-corrected chi connectivity index (χ4v) is 2.53. The summed E-state index contributed by atoms with van der Waals surface area (Å²) in [7, 11) is 0. The van der Waals surface area contributed by atoms with Crippen molar-refractivity contribution in [2.24, 2.45) is 11.8 Å². The van der Waals surface area contributed by atoms with Gasteiger partial charge in [-0.05, 0) is 35.8 Å². The number of rotatable bonds is 9. The first kappa shape index (κ1) is 18.1. The van der Waals surface area contributed by atoms with Gasteiger partial charge < -0.3 is 15.5 Å². The molecule has 1 rings (SSSR count). The van der Waals surface area contributed by atoms with Crippen molar-refractivity contribution in [2.45, 2.75) is 52.7 Å². The SMILES string of the molecule is CC(C)Cc1ccc(C(O)CNC(CO)CC(C)C)cc1. The second-order valence-electron chi connectivity index (χ2n) is 6.77. The zero-order valence-corrected chi connectivity index (χ0v) is 13.8. The van der Waals surface area contributed by atoms with Gasteiger partial charge in [-0.1, -0.05) is 52.0 Å². The third-order valence-electron chi connectivity index (χ3n) is 3.58. The highest BCUT2D eigenvalue weighted by Crippen LogP contribution is 2.16. The van der Waals surface area contributed by atoms with E-state index in [2.05, 4.69) is 45.1 Å². The van der Waals surface area contributed by atoms with Gasteiger partial charge >= 0.3 is 0 Å². The Kier molecular flexibility index (Phi) is 7.94. The summed E-state index contributed by atoms with van der Waals surface area (Å²) < 4.78 is 0. The minimum atomic E-state index is -0.528. The number of benzene rings is 1. The van der Waals surface area contributed by atoms with E-state index in [-0.39, 0.29) is 12.6 Å². The molecule has 0 spiro atoms. The quantitative estimate of drug-likeness (QED) is 0.656. The first-order chi connectivity index (χ1) is 9.92. The average Bonchev–Trinajstić information content (AvgIpc) is 2.42. The maximum Gasteiger partial charge on any atom is 0.0914 e. The Morgan fingerprint density at radius 2 is 1.62 bits per heavy atom. The lowest BCUT2D eigenvalue weighted by atomic mass is 10.00. The molecule has 0 saturated heterocycles. The molecule has 0 radical (unpaired) electrons. The van der Waals surface area contributed by atoms with E-state index in [0.717, 1.165) is 18.4 Å². The van der Waals surface area contributed by atoms with Gasteiger partial charge in [0.2, 0.25) is 0 Å². The number of hydrogen-bond acceptors (Lipinski definition) is 3. The largest absolute Gasteiger partial charge is 0.395 e. The normalized spacial score (nSPS) is 14.7. The zero-order chi connectivity index (χ0) is 15.8. The van der Waals surface area contributed by atoms with Crippen molar-refractivity contribution in [1.82, 2.24) is 5.32 Å². The molecule has 0 saturated carbocycles. The number of hydrogen-bond donors (Lipinski definition) is 3. The van der Waals surface area contributed by atoms with Gasteiger partial charge in [-0.3, -0.25) is 0 Å². The molecular formula is C18H31NO2. The van der Waals surface area contributed by atoms with E-state index in [1.807, 2.05) is 12.1 Å².